The lowest BCUT2D eigenvalue weighted by Gasteiger charge is -2.35. The number of likely N-dealkylation sites (N-methyl/N-ethyl adjacent to an activating group) is 1. The van der Waals surface area contributed by atoms with Crippen molar-refractivity contribution in [1.29, 1.82) is 0 Å². The zero-order chi connectivity index (χ0) is 25.1. The van der Waals surface area contributed by atoms with Gasteiger partial charge in [0.1, 0.15) is 10.8 Å². The van der Waals surface area contributed by atoms with Gasteiger partial charge in [-0.25, -0.2) is 4.98 Å². The molecule has 3 heterocycles. The van der Waals surface area contributed by atoms with Crippen molar-refractivity contribution in [2.75, 3.05) is 48.8 Å². The molecular formula is C23H21Cl4N5O2S. The smallest absolute Gasteiger partial charge is 0.259 e. The van der Waals surface area contributed by atoms with Crippen LogP contribution in [0.3, 0.4) is 0 Å². The highest BCUT2D eigenvalue weighted by molar-refractivity contribution is 7.15. The van der Waals surface area contributed by atoms with Crippen LogP contribution in [0.5, 0.6) is 0 Å². The summed E-state index contributed by atoms with van der Waals surface area (Å²) in [6, 6.07) is 6.37. The lowest BCUT2D eigenvalue weighted by molar-refractivity contribution is 0.0990. The van der Waals surface area contributed by atoms with Crippen LogP contribution in [0.2, 0.25) is 15.1 Å². The second-order valence-electron chi connectivity index (χ2n) is 7.95. The van der Waals surface area contributed by atoms with Gasteiger partial charge in [-0.2, -0.15) is 0 Å². The zero-order valence-electron chi connectivity index (χ0n) is 18.6. The number of pyridine rings is 1. The van der Waals surface area contributed by atoms with E-state index in [1.807, 2.05) is 7.05 Å². The molecule has 4 rings (SSSR count). The Morgan fingerprint density at radius 3 is 2.40 bits per heavy atom. The molecule has 12 heteroatoms. The summed E-state index contributed by atoms with van der Waals surface area (Å²) in [5.41, 5.74) is 1.60. The second-order valence-corrected chi connectivity index (χ2v) is 10.3. The summed E-state index contributed by atoms with van der Waals surface area (Å²) >= 11 is 25.9. The third-order valence-corrected chi connectivity index (χ3v) is 7.76. The van der Waals surface area contributed by atoms with Gasteiger partial charge in [0.15, 0.2) is 0 Å². The molecule has 35 heavy (non-hydrogen) atoms. The third-order valence-electron chi connectivity index (χ3n) is 5.54. The van der Waals surface area contributed by atoms with E-state index in [1.54, 1.807) is 23.6 Å². The quantitative estimate of drug-likeness (QED) is 0.349. The highest BCUT2D eigenvalue weighted by Crippen LogP contribution is 2.36. The molecule has 0 radical (unpaired) electrons. The lowest BCUT2D eigenvalue weighted by atomic mass is 10.0. The average Bonchev–Trinajstić information content (AvgIpc) is 3.19. The largest absolute Gasteiger partial charge is 0.368 e. The average molecular weight is 573 g/mol. The van der Waals surface area contributed by atoms with Crippen LogP contribution in [0.4, 0.5) is 16.5 Å². The molecule has 0 atom stereocenters. The van der Waals surface area contributed by atoms with Gasteiger partial charge in [0.25, 0.3) is 11.8 Å². The van der Waals surface area contributed by atoms with Crippen LogP contribution in [0.1, 0.15) is 26.3 Å². The van der Waals surface area contributed by atoms with Crippen molar-refractivity contribution in [2.24, 2.45) is 0 Å². The number of halogens is 4. The van der Waals surface area contributed by atoms with Crippen LogP contribution in [0.25, 0.3) is 0 Å². The molecule has 0 unspecified atom stereocenters. The van der Waals surface area contributed by atoms with Gasteiger partial charge in [-0.15, -0.1) is 22.9 Å². The molecular weight excluding hydrogens is 552 g/mol. The van der Waals surface area contributed by atoms with Crippen LogP contribution in [0, 0.1) is 0 Å². The highest BCUT2D eigenvalue weighted by atomic mass is 35.5. The predicted octanol–water partition coefficient (Wildman–Crippen LogP) is 6.10. The first-order valence-corrected chi connectivity index (χ1v) is 13.1. The Morgan fingerprint density at radius 2 is 1.77 bits per heavy atom. The van der Waals surface area contributed by atoms with Gasteiger partial charge in [-0.1, -0.05) is 34.8 Å². The number of carbonyl (C=O) groups is 2. The van der Waals surface area contributed by atoms with E-state index in [-0.39, 0.29) is 17.0 Å². The summed E-state index contributed by atoms with van der Waals surface area (Å²) in [7, 11) is 2.04. The first-order valence-electron chi connectivity index (χ1n) is 10.6. The predicted molar refractivity (Wildman–Crippen MR) is 145 cm³/mol. The number of anilines is 3. The molecule has 2 N–H and O–H groups in total. The van der Waals surface area contributed by atoms with Crippen molar-refractivity contribution in [3.63, 3.8) is 0 Å². The maximum absolute atomic E-state index is 13.6. The van der Waals surface area contributed by atoms with Gasteiger partial charge >= 0.3 is 0 Å². The summed E-state index contributed by atoms with van der Waals surface area (Å²) in [5.74, 6) is -0.489. The maximum atomic E-state index is 13.6. The topological polar surface area (TPSA) is 77.6 Å². The molecule has 184 valence electrons. The second kappa shape index (κ2) is 11.3. The van der Waals surface area contributed by atoms with Crippen LogP contribution in [-0.2, 0) is 5.88 Å². The number of piperazine rings is 1. The van der Waals surface area contributed by atoms with Crippen molar-refractivity contribution in [3.05, 3.63) is 67.6 Å². The van der Waals surface area contributed by atoms with E-state index in [2.05, 4.69) is 25.4 Å². The SMILES string of the molecule is CN1CCN(c2cc(Cl)cc(C(=O)Nc3ccc(Cl)cn3)c2C(=O)Nc2scc(CCl)c2Cl)CC1. The van der Waals surface area contributed by atoms with Crippen molar-refractivity contribution < 1.29 is 9.59 Å². The Morgan fingerprint density at radius 1 is 1.03 bits per heavy atom. The third kappa shape index (κ3) is 6.02. The van der Waals surface area contributed by atoms with E-state index in [4.69, 9.17) is 46.4 Å². The van der Waals surface area contributed by atoms with E-state index < -0.39 is 11.8 Å². The molecule has 0 spiro atoms. The van der Waals surface area contributed by atoms with Gasteiger partial charge in [-0.3, -0.25) is 9.59 Å². The summed E-state index contributed by atoms with van der Waals surface area (Å²) in [5, 5.41) is 8.96. The summed E-state index contributed by atoms with van der Waals surface area (Å²) in [4.78, 5) is 35.3. The first-order chi connectivity index (χ1) is 16.8. The standard InChI is InChI=1S/C23H21Cl4N5O2S/c1-31-4-6-32(7-5-31)17-9-15(26)8-16(21(33)29-18-3-2-14(25)11-28-18)19(17)22(34)30-23-20(27)13(10-24)12-35-23/h2-3,8-9,11-12H,4-7,10H2,1H3,(H,30,34)(H,28,29,33). The number of thiophene rings is 1. The molecule has 0 aliphatic carbocycles. The zero-order valence-corrected chi connectivity index (χ0v) is 22.4. The number of rotatable bonds is 6. The number of hydrogen-bond acceptors (Lipinski definition) is 6. The van der Waals surface area contributed by atoms with Crippen molar-refractivity contribution >= 4 is 86.1 Å². The monoisotopic (exact) mass is 571 g/mol. The van der Waals surface area contributed by atoms with E-state index in [1.165, 1.54) is 23.6 Å². The minimum Gasteiger partial charge on any atom is -0.368 e. The van der Waals surface area contributed by atoms with Gasteiger partial charge in [0.05, 0.1) is 26.9 Å². The Bertz CT molecular complexity index is 1240. The van der Waals surface area contributed by atoms with Crippen LogP contribution >= 0.6 is 57.7 Å². The molecule has 1 aliphatic heterocycles. The number of aromatic nitrogens is 1. The number of amides is 2. The lowest BCUT2D eigenvalue weighted by Crippen LogP contribution is -2.45. The fourth-order valence-corrected chi connectivity index (χ4v) is 5.57. The van der Waals surface area contributed by atoms with Gasteiger partial charge in [0, 0.05) is 43.3 Å². The minimum atomic E-state index is -0.526. The van der Waals surface area contributed by atoms with Gasteiger partial charge < -0.3 is 20.4 Å². The first kappa shape index (κ1) is 26.0. The number of nitrogens with zero attached hydrogens (tertiary/aromatic N) is 3. The molecule has 1 saturated heterocycles. The Labute approximate surface area is 226 Å². The van der Waals surface area contributed by atoms with E-state index >= 15 is 0 Å². The minimum absolute atomic E-state index is 0.117. The number of hydrogen-bond donors (Lipinski definition) is 2. The van der Waals surface area contributed by atoms with E-state index in [0.717, 1.165) is 18.7 Å². The van der Waals surface area contributed by atoms with Crippen molar-refractivity contribution in [3.8, 4) is 0 Å². The van der Waals surface area contributed by atoms with Gasteiger partial charge in [0.2, 0.25) is 0 Å². The summed E-state index contributed by atoms with van der Waals surface area (Å²) in [6.45, 7) is 2.96. The number of nitrogens with one attached hydrogen (secondary N) is 2. The Kier molecular flexibility index (Phi) is 8.42. The molecule has 0 bridgehead atoms. The van der Waals surface area contributed by atoms with Crippen molar-refractivity contribution in [2.45, 2.75) is 5.88 Å². The molecule has 1 fully saturated rings. The molecule has 1 aliphatic rings. The molecule has 7 nitrogen and oxygen atoms in total. The Balaban J connectivity index is 1.75. The molecule has 2 aromatic heterocycles. The van der Waals surface area contributed by atoms with Crippen LogP contribution in [0.15, 0.2) is 35.8 Å². The van der Waals surface area contributed by atoms with Crippen LogP contribution in [-0.4, -0.2) is 54.9 Å². The fraction of sp³-hybridized carbons (Fsp3) is 0.261. The molecule has 3 aromatic rings. The summed E-state index contributed by atoms with van der Waals surface area (Å²) in [6.07, 6.45) is 1.42. The molecule has 2 amide bonds. The maximum Gasteiger partial charge on any atom is 0.259 e. The van der Waals surface area contributed by atoms with Crippen LogP contribution < -0.4 is 15.5 Å². The number of benzene rings is 1. The Hall–Kier alpha value is -2.07. The normalized spacial score (nSPS) is 14.1. The highest BCUT2D eigenvalue weighted by Gasteiger charge is 2.28. The summed E-state index contributed by atoms with van der Waals surface area (Å²) < 4.78 is 0. The van der Waals surface area contributed by atoms with Crippen molar-refractivity contribution in [1.82, 2.24) is 9.88 Å². The molecule has 1 aromatic carbocycles. The number of carbonyl (C=O) groups excluding carboxylic acids is 2. The van der Waals surface area contributed by atoms with E-state index in [0.29, 0.717) is 44.7 Å². The van der Waals surface area contributed by atoms with Gasteiger partial charge in [-0.05, 0) is 42.3 Å². The molecule has 0 saturated carbocycles. The number of alkyl halides is 1. The van der Waals surface area contributed by atoms with E-state index in [9.17, 15) is 9.59 Å². The fourth-order valence-electron chi connectivity index (χ4n) is 3.66.